The summed E-state index contributed by atoms with van der Waals surface area (Å²) in [4.78, 5) is 41.8. The Morgan fingerprint density at radius 1 is 1.32 bits per heavy atom. The first kappa shape index (κ1) is 18.3. The zero-order valence-electron chi connectivity index (χ0n) is 16.2. The second kappa shape index (κ2) is 7.53. The molecule has 2 aromatic heterocycles. The predicted octanol–water partition coefficient (Wildman–Crippen LogP) is 0.810. The van der Waals surface area contributed by atoms with Gasteiger partial charge in [-0.05, 0) is 37.8 Å². The molecule has 2 aromatic rings. The first-order valence-corrected chi connectivity index (χ1v) is 9.59. The van der Waals surface area contributed by atoms with Crippen LogP contribution in [0.15, 0.2) is 24.4 Å². The second-order valence-corrected chi connectivity index (χ2v) is 7.39. The minimum absolute atomic E-state index is 0.0311. The van der Waals surface area contributed by atoms with Crippen LogP contribution in [0.1, 0.15) is 24.1 Å². The van der Waals surface area contributed by atoms with Crippen LogP contribution in [0.3, 0.4) is 0 Å². The number of hydrogen-bond acceptors (Lipinski definition) is 6. The quantitative estimate of drug-likeness (QED) is 0.825. The van der Waals surface area contributed by atoms with E-state index in [1.54, 1.807) is 18.1 Å². The molecule has 8 heteroatoms. The van der Waals surface area contributed by atoms with Gasteiger partial charge in [0.25, 0.3) is 0 Å². The zero-order valence-corrected chi connectivity index (χ0v) is 16.2. The summed E-state index contributed by atoms with van der Waals surface area (Å²) in [6, 6.07) is 5.22. The third kappa shape index (κ3) is 3.54. The van der Waals surface area contributed by atoms with Crippen LogP contribution in [0.4, 0.5) is 5.82 Å². The van der Waals surface area contributed by atoms with Crippen molar-refractivity contribution in [2.24, 2.45) is 0 Å². The molecule has 2 amide bonds. The topological polar surface area (TPSA) is 91.3 Å². The Hall–Kier alpha value is -3.03. The molecule has 0 radical (unpaired) electrons. The minimum atomic E-state index is -0.425. The molecule has 0 bridgehead atoms. The highest BCUT2D eigenvalue weighted by atomic mass is 16.2. The van der Waals surface area contributed by atoms with Gasteiger partial charge in [-0.15, -0.1) is 0 Å². The average Bonchev–Trinajstić information content (AvgIpc) is 3.29. The highest BCUT2D eigenvalue weighted by Gasteiger charge is 2.31. The summed E-state index contributed by atoms with van der Waals surface area (Å²) in [7, 11) is 3.61. The van der Waals surface area contributed by atoms with Gasteiger partial charge >= 0.3 is 0 Å². The maximum Gasteiger partial charge on any atom is 0.244 e. The summed E-state index contributed by atoms with van der Waals surface area (Å²) in [5, 5.41) is 2.85. The molecule has 1 saturated heterocycles. The standard InChI is InChI=1S/C20H24N6O2/c1-25-11-9-16(20(25)28)22-17(27)12-26(2)19-13-6-5-8-14(13)23-18(24-19)15-7-3-4-10-21-15/h3-4,7,10,16H,5-6,8-9,11-12H2,1-2H3,(H,22,27). The van der Waals surface area contributed by atoms with Gasteiger partial charge in [0.15, 0.2) is 5.82 Å². The molecule has 8 nitrogen and oxygen atoms in total. The third-order valence-electron chi connectivity index (χ3n) is 5.31. The van der Waals surface area contributed by atoms with E-state index in [-0.39, 0.29) is 18.4 Å². The van der Waals surface area contributed by atoms with Crippen LogP contribution >= 0.6 is 0 Å². The Bertz CT molecular complexity index is 901. The van der Waals surface area contributed by atoms with Crippen LogP contribution in [0.2, 0.25) is 0 Å². The fourth-order valence-electron chi connectivity index (χ4n) is 3.82. The molecule has 146 valence electrons. The van der Waals surface area contributed by atoms with Crippen LogP contribution in [-0.4, -0.2) is 64.9 Å². The minimum Gasteiger partial charge on any atom is -0.350 e. The molecule has 1 aliphatic carbocycles. The lowest BCUT2D eigenvalue weighted by Crippen LogP contribution is -2.44. The van der Waals surface area contributed by atoms with Gasteiger partial charge in [0.05, 0.1) is 6.54 Å². The van der Waals surface area contributed by atoms with Gasteiger partial charge in [-0.1, -0.05) is 6.07 Å². The summed E-state index contributed by atoms with van der Waals surface area (Å²) < 4.78 is 0. The molecule has 2 aliphatic rings. The summed E-state index contributed by atoms with van der Waals surface area (Å²) >= 11 is 0. The highest BCUT2D eigenvalue weighted by molar-refractivity contribution is 5.90. The number of aromatic nitrogens is 3. The van der Waals surface area contributed by atoms with Crippen LogP contribution in [0.25, 0.3) is 11.5 Å². The monoisotopic (exact) mass is 380 g/mol. The number of rotatable bonds is 5. The molecular formula is C20H24N6O2. The van der Waals surface area contributed by atoms with Crippen molar-refractivity contribution < 1.29 is 9.59 Å². The van der Waals surface area contributed by atoms with E-state index < -0.39 is 6.04 Å². The fourth-order valence-corrected chi connectivity index (χ4v) is 3.82. The molecule has 0 aromatic carbocycles. The molecule has 1 unspecified atom stereocenters. The Morgan fingerprint density at radius 2 is 2.18 bits per heavy atom. The normalized spacial score (nSPS) is 18.3. The van der Waals surface area contributed by atoms with Gasteiger partial charge < -0.3 is 15.1 Å². The number of nitrogens with one attached hydrogen (secondary N) is 1. The van der Waals surface area contributed by atoms with Crippen LogP contribution < -0.4 is 10.2 Å². The molecule has 1 aliphatic heterocycles. The third-order valence-corrected chi connectivity index (χ3v) is 5.31. The smallest absolute Gasteiger partial charge is 0.244 e. The van der Waals surface area contributed by atoms with Crippen LogP contribution in [0, 0.1) is 0 Å². The SMILES string of the molecule is CN1CCC(NC(=O)CN(C)c2nc(-c3ccccn3)nc3c2CCC3)C1=O. The predicted molar refractivity (Wildman–Crippen MR) is 105 cm³/mol. The van der Waals surface area contributed by atoms with E-state index >= 15 is 0 Å². The number of aryl methyl sites for hydroxylation is 1. The van der Waals surface area contributed by atoms with E-state index in [0.29, 0.717) is 18.8 Å². The number of amides is 2. The van der Waals surface area contributed by atoms with Gasteiger partial charge in [0.1, 0.15) is 17.6 Å². The maximum absolute atomic E-state index is 12.5. The molecule has 4 rings (SSSR count). The van der Waals surface area contributed by atoms with E-state index in [0.717, 1.165) is 42.0 Å². The van der Waals surface area contributed by atoms with Crippen LogP contribution in [-0.2, 0) is 22.4 Å². The number of pyridine rings is 1. The number of nitrogens with zero attached hydrogens (tertiary/aromatic N) is 5. The van der Waals surface area contributed by atoms with Crippen molar-refractivity contribution in [2.75, 3.05) is 32.1 Å². The van der Waals surface area contributed by atoms with Crippen molar-refractivity contribution in [1.82, 2.24) is 25.2 Å². The van der Waals surface area contributed by atoms with Crippen molar-refractivity contribution in [3.05, 3.63) is 35.7 Å². The first-order chi connectivity index (χ1) is 13.5. The molecule has 1 fully saturated rings. The molecule has 0 spiro atoms. The second-order valence-electron chi connectivity index (χ2n) is 7.39. The number of carbonyl (C=O) groups is 2. The molecule has 1 atom stereocenters. The molecular weight excluding hydrogens is 356 g/mol. The number of likely N-dealkylation sites (N-methyl/N-ethyl adjacent to an activating group) is 2. The molecule has 3 heterocycles. The number of fused-ring (bicyclic) bond motifs is 1. The lowest BCUT2D eigenvalue weighted by atomic mass is 10.2. The lowest BCUT2D eigenvalue weighted by Gasteiger charge is -2.22. The molecule has 28 heavy (non-hydrogen) atoms. The van der Waals surface area contributed by atoms with Crippen molar-refractivity contribution in [2.45, 2.75) is 31.7 Å². The Morgan fingerprint density at radius 3 is 2.89 bits per heavy atom. The number of hydrogen-bond donors (Lipinski definition) is 1. The van der Waals surface area contributed by atoms with Crippen molar-refractivity contribution in [3.63, 3.8) is 0 Å². The fraction of sp³-hybridized carbons (Fsp3) is 0.450. The maximum atomic E-state index is 12.5. The largest absolute Gasteiger partial charge is 0.350 e. The Labute approximate surface area is 164 Å². The molecule has 1 N–H and O–H groups in total. The van der Waals surface area contributed by atoms with Gasteiger partial charge in [0, 0.05) is 38.1 Å². The first-order valence-electron chi connectivity index (χ1n) is 9.59. The van der Waals surface area contributed by atoms with Crippen molar-refractivity contribution in [3.8, 4) is 11.5 Å². The van der Waals surface area contributed by atoms with Crippen molar-refractivity contribution in [1.29, 1.82) is 0 Å². The van der Waals surface area contributed by atoms with E-state index in [2.05, 4.69) is 10.3 Å². The summed E-state index contributed by atoms with van der Waals surface area (Å²) in [5.74, 6) is 1.14. The average molecular weight is 380 g/mol. The summed E-state index contributed by atoms with van der Waals surface area (Å²) in [5.41, 5.74) is 2.85. The summed E-state index contributed by atoms with van der Waals surface area (Å²) in [6.07, 6.45) is 5.22. The van der Waals surface area contributed by atoms with E-state index in [1.807, 2.05) is 30.1 Å². The van der Waals surface area contributed by atoms with Gasteiger partial charge in [-0.2, -0.15) is 0 Å². The van der Waals surface area contributed by atoms with Gasteiger partial charge in [0.2, 0.25) is 11.8 Å². The number of likely N-dealkylation sites (tertiary alicyclic amines) is 1. The summed E-state index contributed by atoms with van der Waals surface area (Å²) in [6.45, 7) is 0.811. The van der Waals surface area contributed by atoms with Crippen LogP contribution in [0.5, 0.6) is 0 Å². The lowest BCUT2D eigenvalue weighted by molar-refractivity contribution is -0.131. The number of anilines is 1. The van der Waals surface area contributed by atoms with E-state index in [9.17, 15) is 9.59 Å². The number of carbonyl (C=O) groups excluding carboxylic acids is 2. The highest BCUT2D eigenvalue weighted by Crippen LogP contribution is 2.30. The van der Waals surface area contributed by atoms with E-state index in [4.69, 9.17) is 9.97 Å². The Balaban J connectivity index is 1.54. The molecule has 0 saturated carbocycles. The van der Waals surface area contributed by atoms with Crippen molar-refractivity contribution >= 4 is 17.6 Å². The zero-order chi connectivity index (χ0) is 19.7. The van der Waals surface area contributed by atoms with Gasteiger partial charge in [-0.3, -0.25) is 14.6 Å². The van der Waals surface area contributed by atoms with Gasteiger partial charge in [-0.25, -0.2) is 9.97 Å². The Kier molecular flexibility index (Phi) is 4.93. The van der Waals surface area contributed by atoms with E-state index in [1.165, 1.54) is 0 Å².